The van der Waals surface area contributed by atoms with Gasteiger partial charge in [0.05, 0.1) is 25.3 Å². The maximum Gasteiger partial charge on any atom is 0.251 e. The minimum Gasteiger partial charge on any atom is -0.493 e. The van der Waals surface area contributed by atoms with Gasteiger partial charge < -0.3 is 14.8 Å². The number of hydrogen-bond acceptors (Lipinski definition) is 4. The van der Waals surface area contributed by atoms with E-state index in [0.717, 1.165) is 11.3 Å². The number of halogens is 1. The van der Waals surface area contributed by atoms with E-state index in [1.807, 2.05) is 17.5 Å². The summed E-state index contributed by atoms with van der Waals surface area (Å²) < 4.78 is 11.1. The number of thiophene rings is 1. The van der Waals surface area contributed by atoms with Crippen LogP contribution < -0.4 is 14.8 Å². The van der Waals surface area contributed by atoms with Gasteiger partial charge in [-0.15, -0.1) is 11.3 Å². The van der Waals surface area contributed by atoms with E-state index in [9.17, 15) is 4.79 Å². The molecule has 2 rings (SSSR count). The molecule has 0 saturated carbocycles. The van der Waals surface area contributed by atoms with Gasteiger partial charge in [-0.2, -0.15) is 0 Å². The van der Waals surface area contributed by atoms with E-state index >= 15 is 0 Å². The van der Waals surface area contributed by atoms with Crippen LogP contribution >= 0.6 is 22.9 Å². The summed E-state index contributed by atoms with van der Waals surface area (Å²) in [6.07, 6.45) is 0.919. The lowest BCUT2D eigenvalue weighted by molar-refractivity contribution is 0.0951. The van der Waals surface area contributed by atoms with Gasteiger partial charge in [0.15, 0.2) is 11.5 Å². The Bertz CT molecular complexity index is 671. The quantitative estimate of drug-likeness (QED) is 0.731. The summed E-state index contributed by atoms with van der Waals surface area (Å²) in [7, 11) is 1.54. The topological polar surface area (TPSA) is 47.6 Å². The third-order valence-electron chi connectivity index (χ3n) is 3.44. The minimum absolute atomic E-state index is 0.197. The zero-order valence-electron chi connectivity index (χ0n) is 14.1. The van der Waals surface area contributed by atoms with E-state index in [0.29, 0.717) is 41.2 Å². The van der Waals surface area contributed by atoms with Crippen LogP contribution in [0.25, 0.3) is 0 Å². The van der Waals surface area contributed by atoms with E-state index in [4.69, 9.17) is 21.1 Å². The summed E-state index contributed by atoms with van der Waals surface area (Å²) in [5, 5.41) is 5.23. The van der Waals surface area contributed by atoms with Gasteiger partial charge in [0, 0.05) is 10.4 Å². The second-order valence-corrected chi connectivity index (χ2v) is 7.22. The highest BCUT2D eigenvalue weighted by molar-refractivity contribution is 7.09. The summed E-state index contributed by atoms with van der Waals surface area (Å²) in [5.41, 5.74) is 0.449. The molecule has 1 amide bonds. The predicted octanol–water partition coefficient (Wildman–Crippen LogP) is 4.77. The number of amides is 1. The first-order valence-corrected chi connectivity index (χ1v) is 9.08. The van der Waals surface area contributed by atoms with Crippen molar-refractivity contribution in [3.8, 4) is 11.5 Å². The Balaban J connectivity index is 2.08. The first-order valence-electron chi connectivity index (χ1n) is 7.82. The number of benzene rings is 1. The van der Waals surface area contributed by atoms with Crippen LogP contribution in [0, 0.1) is 5.92 Å². The van der Waals surface area contributed by atoms with Gasteiger partial charge in [-0.05, 0) is 35.9 Å². The lowest BCUT2D eigenvalue weighted by Gasteiger charge is -2.15. The summed E-state index contributed by atoms with van der Waals surface area (Å²) in [4.78, 5) is 13.4. The molecule has 4 nitrogen and oxygen atoms in total. The molecule has 0 bridgehead atoms. The zero-order valence-corrected chi connectivity index (χ0v) is 15.7. The van der Waals surface area contributed by atoms with E-state index in [2.05, 4.69) is 19.2 Å². The van der Waals surface area contributed by atoms with Crippen molar-refractivity contribution >= 4 is 28.8 Å². The molecule has 0 saturated heterocycles. The van der Waals surface area contributed by atoms with Crippen molar-refractivity contribution in [3.63, 3.8) is 0 Å². The highest BCUT2D eigenvalue weighted by atomic mass is 35.5. The van der Waals surface area contributed by atoms with Gasteiger partial charge in [0.2, 0.25) is 0 Å². The van der Waals surface area contributed by atoms with Gasteiger partial charge in [-0.3, -0.25) is 4.79 Å². The average Bonchev–Trinajstić information content (AvgIpc) is 3.06. The summed E-state index contributed by atoms with van der Waals surface area (Å²) in [5.74, 6) is 1.29. The van der Waals surface area contributed by atoms with Crippen LogP contribution in [0.3, 0.4) is 0 Å². The molecule has 1 heterocycles. The van der Waals surface area contributed by atoms with Crippen molar-refractivity contribution in [1.82, 2.24) is 5.32 Å². The molecule has 24 heavy (non-hydrogen) atoms. The molecule has 1 N–H and O–H groups in total. The fraction of sp³-hybridized carbons (Fsp3) is 0.389. The number of carbonyl (C=O) groups excluding carboxylic acids is 1. The Morgan fingerprint density at radius 2 is 2.17 bits per heavy atom. The Kier molecular flexibility index (Phi) is 6.94. The van der Waals surface area contributed by atoms with E-state index in [-0.39, 0.29) is 5.91 Å². The number of ether oxygens (including phenoxy) is 2. The lowest BCUT2D eigenvalue weighted by atomic mass is 10.1. The molecule has 130 valence electrons. The maximum atomic E-state index is 12.3. The molecule has 0 spiro atoms. The smallest absolute Gasteiger partial charge is 0.251 e. The summed E-state index contributed by atoms with van der Waals surface area (Å²) in [6, 6.07) is 7.19. The van der Waals surface area contributed by atoms with Gasteiger partial charge in [-0.1, -0.05) is 31.5 Å². The Morgan fingerprint density at radius 1 is 1.38 bits per heavy atom. The van der Waals surface area contributed by atoms with Crippen molar-refractivity contribution < 1.29 is 14.3 Å². The summed E-state index contributed by atoms with van der Waals surface area (Å²) >= 11 is 7.89. The van der Waals surface area contributed by atoms with Crippen LogP contribution in [0.2, 0.25) is 5.02 Å². The molecular weight excluding hydrogens is 346 g/mol. The number of nitrogens with one attached hydrogen (secondary N) is 1. The first kappa shape index (κ1) is 18.6. The van der Waals surface area contributed by atoms with Crippen LogP contribution in [-0.4, -0.2) is 19.6 Å². The molecule has 1 aromatic carbocycles. The number of carbonyl (C=O) groups is 1. The second-order valence-electron chi connectivity index (χ2n) is 5.78. The zero-order chi connectivity index (χ0) is 17.5. The summed E-state index contributed by atoms with van der Waals surface area (Å²) in [6.45, 7) is 5.30. The molecule has 0 aliphatic carbocycles. The van der Waals surface area contributed by atoms with Crippen LogP contribution in [0.4, 0.5) is 0 Å². The first-order chi connectivity index (χ1) is 11.5. The standard InChI is InChI=1S/C18H22ClNO3S/c1-12(2)6-7-23-17-15(19)9-13(10-16(17)22-3)18(21)20-11-14-5-4-8-24-14/h4-5,8-10,12H,6-7,11H2,1-3H3,(H,20,21). The molecule has 6 heteroatoms. The molecule has 0 atom stereocenters. The van der Waals surface area contributed by atoms with E-state index in [1.54, 1.807) is 23.5 Å². The van der Waals surface area contributed by atoms with Crippen molar-refractivity contribution in [3.05, 3.63) is 45.1 Å². The lowest BCUT2D eigenvalue weighted by Crippen LogP contribution is -2.22. The monoisotopic (exact) mass is 367 g/mol. The average molecular weight is 368 g/mol. The van der Waals surface area contributed by atoms with Crippen LogP contribution in [0.5, 0.6) is 11.5 Å². The van der Waals surface area contributed by atoms with Gasteiger partial charge in [-0.25, -0.2) is 0 Å². The third kappa shape index (κ3) is 5.14. The SMILES string of the molecule is COc1cc(C(=O)NCc2cccs2)cc(Cl)c1OCCC(C)C. The van der Waals surface area contributed by atoms with Gasteiger partial charge >= 0.3 is 0 Å². The largest absolute Gasteiger partial charge is 0.493 e. The molecule has 1 aromatic heterocycles. The molecule has 0 aliphatic rings. The van der Waals surface area contributed by atoms with Crippen molar-refractivity contribution in [1.29, 1.82) is 0 Å². The van der Waals surface area contributed by atoms with Crippen LogP contribution in [0.15, 0.2) is 29.6 Å². The molecule has 0 aliphatic heterocycles. The van der Waals surface area contributed by atoms with Crippen molar-refractivity contribution in [2.75, 3.05) is 13.7 Å². The number of hydrogen-bond donors (Lipinski definition) is 1. The predicted molar refractivity (Wildman–Crippen MR) is 98.4 cm³/mol. The number of rotatable bonds is 8. The van der Waals surface area contributed by atoms with Gasteiger partial charge in [0.1, 0.15) is 0 Å². The molecule has 0 radical (unpaired) electrons. The molecule has 2 aromatic rings. The van der Waals surface area contributed by atoms with Crippen molar-refractivity contribution in [2.24, 2.45) is 5.92 Å². The third-order valence-corrected chi connectivity index (χ3v) is 4.59. The minimum atomic E-state index is -0.197. The van der Waals surface area contributed by atoms with Crippen LogP contribution in [0.1, 0.15) is 35.5 Å². The van der Waals surface area contributed by atoms with Gasteiger partial charge in [0.25, 0.3) is 5.91 Å². The van der Waals surface area contributed by atoms with E-state index < -0.39 is 0 Å². The second kappa shape index (κ2) is 8.94. The normalized spacial score (nSPS) is 10.7. The highest BCUT2D eigenvalue weighted by Crippen LogP contribution is 2.36. The fourth-order valence-electron chi connectivity index (χ4n) is 2.07. The Labute approximate surface area is 151 Å². The van der Waals surface area contributed by atoms with E-state index in [1.165, 1.54) is 7.11 Å². The Morgan fingerprint density at radius 3 is 2.79 bits per heavy atom. The van der Waals surface area contributed by atoms with Crippen LogP contribution in [-0.2, 0) is 6.54 Å². The highest BCUT2D eigenvalue weighted by Gasteiger charge is 2.16. The fourth-order valence-corrected chi connectivity index (χ4v) is 2.98. The molecule has 0 unspecified atom stereocenters. The Hall–Kier alpha value is -1.72. The maximum absolute atomic E-state index is 12.3. The van der Waals surface area contributed by atoms with Crippen molar-refractivity contribution in [2.45, 2.75) is 26.8 Å². The molecule has 0 fully saturated rings. The molecular formula is C18H22ClNO3S. The number of methoxy groups -OCH3 is 1.